The summed E-state index contributed by atoms with van der Waals surface area (Å²) in [5, 5.41) is 4.02. The summed E-state index contributed by atoms with van der Waals surface area (Å²) in [5.41, 5.74) is 3.26. The Labute approximate surface area is 190 Å². The molecule has 0 saturated carbocycles. The van der Waals surface area contributed by atoms with Crippen molar-refractivity contribution in [2.24, 2.45) is 7.05 Å². The zero-order chi connectivity index (χ0) is 22.8. The van der Waals surface area contributed by atoms with E-state index in [4.69, 9.17) is 14.2 Å². The lowest BCUT2D eigenvalue weighted by Gasteiger charge is -2.27. The number of aromatic nitrogens is 5. The van der Waals surface area contributed by atoms with Gasteiger partial charge in [-0.05, 0) is 30.2 Å². The fourth-order valence-corrected chi connectivity index (χ4v) is 3.98. The molecule has 0 spiro atoms. The molecule has 1 aromatic carbocycles. The smallest absolute Gasteiger partial charge is 0.255 e. The molecular formula is C24H24N6O3. The van der Waals surface area contributed by atoms with Crippen LogP contribution in [0.1, 0.15) is 24.0 Å². The van der Waals surface area contributed by atoms with Crippen LogP contribution in [-0.2, 0) is 11.8 Å². The van der Waals surface area contributed by atoms with Gasteiger partial charge in [0.2, 0.25) is 17.7 Å². The fraction of sp³-hybridized carbons (Fsp3) is 0.292. The highest BCUT2D eigenvalue weighted by molar-refractivity contribution is 5.60. The molecule has 1 saturated heterocycles. The summed E-state index contributed by atoms with van der Waals surface area (Å²) >= 11 is 0. The zero-order valence-electron chi connectivity index (χ0n) is 18.5. The van der Waals surface area contributed by atoms with Crippen LogP contribution in [-0.4, -0.2) is 44.4 Å². The molecule has 1 aliphatic heterocycles. The molecule has 0 N–H and O–H groups in total. The van der Waals surface area contributed by atoms with Gasteiger partial charge in [-0.15, -0.1) is 0 Å². The van der Waals surface area contributed by atoms with Crippen LogP contribution in [0.25, 0.3) is 22.6 Å². The van der Waals surface area contributed by atoms with Crippen LogP contribution in [0.2, 0.25) is 0 Å². The van der Waals surface area contributed by atoms with E-state index < -0.39 is 0 Å². The van der Waals surface area contributed by atoms with Crippen LogP contribution in [0.4, 0.5) is 5.95 Å². The minimum Gasteiger partial charge on any atom is -0.372 e. The molecule has 1 fully saturated rings. The maximum atomic E-state index is 12.7. The summed E-state index contributed by atoms with van der Waals surface area (Å²) in [5.74, 6) is 1.69. The summed E-state index contributed by atoms with van der Waals surface area (Å²) in [6.45, 7) is 3.68. The Kier molecular flexibility index (Phi) is 5.70. The van der Waals surface area contributed by atoms with Crippen LogP contribution in [0, 0.1) is 6.92 Å². The van der Waals surface area contributed by atoms with Gasteiger partial charge < -0.3 is 14.2 Å². The van der Waals surface area contributed by atoms with Crippen molar-refractivity contribution in [3.8, 4) is 22.6 Å². The molecule has 168 valence electrons. The van der Waals surface area contributed by atoms with Gasteiger partial charge >= 0.3 is 0 Å². The second-order valence-electron chi connectivity index (χ2n) is 8.00. The van der Waals surface area contributed by atoms with Gasteiger partial charge in [-0.1, -0.05) is 23.4 Å². The number of anilines is 1. The molecule has 9 nitrogen and oxygen atoms in total. The van der Waals surface area contributed by atoms with E-state index in [9.17, 15) is 4.79 Å². The lowest BCUT2D eigenvalue weighted by atomic mass is 10.1. The first kappa shape index (κ1) is 21.0. The standard InChI is InChI=1S/C24H24N6O3/c1-16-26-23(28-33-16)19-6-3-5-18(13-19)21-15-30(11-4-12-32-21)24-27-20(14-22(31)29(24)2)17-7-9-25-10-8-17/h3,5-10,13-14,21H,4,11-12,15H2,1-2H3. The molecule has 4 heterocycles. The van der Waals surface area contributed by atoms with Gasteiger partial charge in [0, 0.05) is 56.7 Å². The molecule has 0 radical (unpaired) electrons. The van der Waals surface area contributed by atoms with E-state index in [-0.39, 0.29) is 11.7 Å². The molecule has 1 aliphatic rings. The average molecular weight is 444 g/mol. The maximum Gasteiger partial charge on any atom is 0.255 e. The Morgan fingerprint density at radius 3 is 2.70 bits per heavy atom. The molecule has 0 bridgehead atoms. The molecule has 1 unspecified atom stereocenters. The Morgan fingerprint density at radius 2 is 1.91 bits per heavy atom. The third kappa shape index (κ3) is 4.40. The van der Waals surface area contributed by atoms with Gasteiger partial charge in [0.1, 0.15) is 6.10 Å². The van der Waals surface area contributed by atoms with E-state index in [0.29, 0.717) is 36.5 Å². The number of hydrogen-bond acceptors (Lipinski definition) is 8. The molecule has 1 atom stereocenters. The highest BCUT2D eigenvalue weighted by Crippen LogP contribution is 2.28. The number of aryl methyl sites for hydroxylation is 1. The van der Waals surface area contributed by atoms with Gasteiger partial charge in [-0.25, -0.2) is 4.98 Å². The van der Waals surface area contributed by atoms with E-state index in [0.717, 1.165) is 29.7 Å². The van der Waals surface area contributed by atoms with E-state index in [1.165, 1.54) is 0 Å². The second kappa shape index (κ2) is 8.95. The minimum atomic E-state index is -0.193. The second-order valence-corrected chi connectivity index (χ2v) is 8.00. The van der Waals surface area contributed by atoms with Crippen LogP contribution in [0.3, 0.4) is 0 Å². The summed E-state index contributed by atoms with van der Waals surface area (Å²) in [6.07, 6.45) is 4.03. The van der Waals surface area contributed by atoms with Crippen LogP contribution >= 0.6 is 0 Å². The van der Waals surface area contributed by atoms with Crippen molar-refractivity contribution in [3.05, 3.63) is 76.7 Å². The largest absolute Gasteiger partial charge is 0.372 e. The molecule has 0 aliphatic carbocycles. The first-order chi connectivity index (χ1) is 16.1. The number of nitrogens with zero attached hydrogens (tertiary/aromatic N) is 6. The summed E-state index contributed by atoms with van der Waals surface area (Å²) in [6, 6.07) is 13.2. The van der Waals surface area contributed by atoms with Gasteiger partial charge in [0.15, 0.2) is 0 Å². The molecule has 0 amide bonds. The van der Waals surface area contributed by atoms with Gasteiger partial charge in [-0.2, -0.15) is 4.98 Å². The molecule has 4 aromatic rings. The third-order valence-electron chi connectivity index (χ3n) is 5.69. The number of ether oxygens (including phenoxy) is 1. The monoisotopic (exact) mass is 444 g/mol. The number of benzene rings is 1. The van der Waals surface area contributed by atoms with Crippen LogP contribution in [0.5, 0.6) is 0 Å². The SMILES string of the molecule is Cc1nc(-c2cccc(C3CN(c4nc(-c5ccncc5)cc(=O)n4C)CCCO3)c2)no1. The first-order valence-corrected chi connectivity index (χ1v) is 10.8. The molecule has 3 aromatic heterocycles. The third-order valence-corrected chi connectivity index (χ3v) is 5.69. The normalized spacial score (nSPS) is 16.5. The summed E-state index contributed by atoms with van der Waals surface area (Å²) in [7, 11) is 1.75. The quantitative estimate of drug-likeness (QED) is 0.473. The lowest BCUT2D eigenvalue weighted by Crippen LogP contribution is -2.34. The first-order valence-electron chi connectivity index (χ1n) is 10.8. The van der Waals surface area contributed by atoms with E-state index in [1.54, 1.807) is 37.0 Å². The van der Waals surface area contributed by atoms with E-state index >= 15 is 0 Å². The minimum absolute atomic E-state index is 0.108. The Balaban J connectivity index is 1.47. The van der Waals surface area contributed by atoms with E-state index in [2.05, 4.69) is 20.0 Å². The van der Waals surface area contributed by atoms with Crippen molar-refractivity contribution in [1.82, 2.24) is 24.7 Å². The van der Waals surface area contributed by atoms with Crippen LogP contribution < -0.4 is 10.5 Å². The van der Waals surface area contributed by atoms with Crippen molar-refractivity contribution in [2.45, 2.75) is 19.4 Å². The van der Waals surface area contributed by atoms with E-state index in [1.807, 2.05) is 36.4 Å². The zero-order valence-corrected chi connectivity index (χ0v) is 18.5. The van der Waals surface area contributed by atoms with Gasteiger partial charge in [0.25, 0.3) is 5.56 Å². The van der Waals surface area contributed by atoms with Gasteiger partial charge in [0.05, 0.1) is 12.2 Å². The predicted molar refractivity (Wildman–Crippen MR) is 123 cm³/mol. The van der Waals surface area contributed by atoms with Crippen molar-refractivity contribution in [3.63, 3.8) is 0 Å². The Hall–Kier alpha value is -3.85. The lowest BCUT2D eigenvalue weighted by molar-refractivity contribution is 0.0686. The van der Waals surface area contributed by atoms with Crippen molar-refractivity contribution in [1.29, 1.82) is 0 Å². The highest BCUT2D eigenvalue weighted by atomic mass is 16.5. The Bertz CT molecular complexity index is 1320. The topological polar surface area (TPSA) is 99.2 Å². The summed E-state index contributed by atoms with van der Waals surface area (Å²) < 4.78 is 12.9. The predicted octanol–water partition coefficient (Wildman–Crippen LogP) is 3.17. The number of rotatable bonds is 4. The van der Waals surface area contributed by atoms with Crippen LogP contribution in [0.15, 0.2) is 64.2 Å². The fourth-order valence-electron chi connectivity index (χ4n) is 3.98. The molecular weight excluding hydrogens is 420 g/mol. The van der Waals surface area contributed by atoms with Crippen molar-refractivity contribution < 1.29 is 9.26 Å². The van der Waals surface area contributed by atoms with Crippen molar-refractivity contribution >= 4 is 5.95 Å². The molecule has 33 heavy (non-hydrogen) atoms. The van der Waals surface area contributed by atoms with Gasteiger partial charge in [-0.3, -0.25) is 14.3 Å². The van der Waals surface area contributed by atoms with Crippen molar-refractivity contribution in [2.75, 3.05) is 24.6 Å². The highest BCUT2D eigenvalue weighted by Gasteiger charge is 2.24. The average Bonchev–Trinajstić information content (AvgIpc) is 3.13. The molecule has 5 rings (SSSR count). The maximum absolute atomic E-state index is 12.7. The Morgan fingerprint density at radius 1 is 1.06 bits per heavy atom. The number of pyridine rings is 1. The number of hydrogen-bond donors (Lipinski definition) is 0. The summed E-state index contributed by atoms with van der Waals surface area (Å²) in [4.78, 5) is 28.1. The molecule has 9 heteroatoms.